The molecule has 6 rings (SSSR count). The molecule has 2 unspecified atom stereocenters. The zero-order valence-corrected chi connectivity index (χ0v) is 21.5. The van der Waals surface area contributed by atoms with Crippen molar-refractivity contribution in [3.8, 4) is 0 Å². The van der Waals surface area contributed by atoms with Gasteiger partial charge in [-0.15, -0.1) is 11.3 Å². The minimum Gasteiger partial charge on any atom is -0.394 e. The van der Waals surface area contributed by atoms with Crippen molar-refractivity contribution >= 4 is 55.8 Å². The van der Waals surface area contributed by atoms with Crippen molar-refractivity contribution in [3.63, 3.8) is 0 Å². The fourth-order valence-electron chi connectivity index (χ4n) is 5.07. The van der Waals surface area contributed by atoms with E-state index in [2.05, 4.69) is 15.6 Å². The van der Waals surface area contributed by atoms with Gasteiger partial charge in [0.1, 0.15) is 0 Å². The lowest BCUT2D eigenvalue weighted by molar-refractivity contribution is 0.0652. The van der Waals surface area contributed by atoms with Crippen LogP contribution >= 0.6 is 11.3 Å². The van der Waals surface area contributed by atoms with E-state index < -0.39 is 0 Å². The third-order valence-electron chi connectivity index (χ3n) is 7.18. The average Bonchev–Trinajstić information content (AvgIpc) is 3.30. The van der Waals surface area contributed by atoms with E-state index in [0.29, 0.717) is 23.9 Å². The molecule has 3 aromatic heterocycles. The number of pyridine rings is 1. The topological polar surface area (TPSA) is 109 Å². The van der Waals surface area contributed by atoms with Crippen molar-refractivity contribution in [2.24, 2.45) is 0 Å². The number of aromatic nitrogens is 2. The lowest BCUT2D eigenvalue weighted by atomic mass is 10.2. The van der Waals surface area contributed by atoms with Crippen LogP contribution in [-0.2, 0) is 4.74 Å². The second-order valence-electron chi connectivity index (χ2n) is 9.81. The monoisotopic (exact) mass is 519 g/mol. The Kier molecular flexibility index (Phi) is 6.10. The molecule has 9 nitrogen and oxygen atoms in total. The number of likely N-dealkylation sites (tertiary alicyclic amines) is 1. The molecular formula is C27H29N5O4S. The van der Waals surface area contributed by atoms with Gasteiger partial charge in [-0.2, -0.15) is 0 Å². The molecule has 2 atom stereocenters. The molecule has 1 aliphatic heterocycles. The fraction of sp³-hybridized carbons (Fsp3) is 0.370. The van der Waals surface area contributed by atoms with Crippen LogP contribution in [0.4, 0.5) is 16.2 Å². The van der Waals surface area contributed by atoms with E-state index >= 15 is 0 Å². The first-order valence-electron chi connectivity index (χ1n) is 12.5. The number of rotatable bonds is 6. The first kappa shape index (κ1) is 23.9. The number of anilines is 2. The molecule has 0 bridgehead atoms. The van der Waals surface area contributed by atoms with Gasteiger partial charge in [-0.3, -0.25) is 14.3 Å². The second kappa shape index (κ2) is 9.44. The summed E-state index contributed by atoms with van der Waals surface area (Å²) in [5.41, 5.74) is 4.22. The summed E-state index contributed by atoms with van der Waals surface area (Å²) in [6, 6.07) is 11.6. The van der Waals surface area contributed by atoms with Gasteiger partial charge in [-0.25, -0.2) is 4.79 Å². The quantitative estimate of drug-likeness (QED) is 0.352. The predicted octanol–water partition coefficient (Wildman–Crippen LogP) is 4.24. The van der Waals surface area contributed by atoms with Crippen LogP contribution in [-0.4, -0.2) is 69.9 Å². The number of methoxy groups -OCH3 is 1. The predicted molar refractivity (Wildman–Crippen MR) is 144 cm³/mol. The number of nitrogens with zero attached hydrogens (tertiary/aromatic N) is 3. The van der Waals surface area contributed by atoms with Crippen LogP contribution < -0.4 is 10.6 Å². The Hall–Kier alpha value is -3.47. The number of amides is 2. The number of aryl methyl sites for hydroxylation is 1. The average molecular weight is 520 g/mol. The van der Waals surface area contributed by atoms with Crippen molar-refractivity contribution in [1.29, 1.82) is 0 Å². The van der Waals surface area contributed by atoms with Gasteiger partial charge in [-0.05, 0) is 62.6 Å². The molecule has 1 aromatic carbocycles. The number of benzene rings is 1. The molecule has 1 saturated heterocycles. The standard InChI is InChI=1S/C27H29N5O4S/c1-15-9-16-10-18(5-6-23(16)32(15)27(35)30-17-3-4-17)29-21-7-8-28-22-12-24(37-25(21)22)26(34)31-13-20(36-2)11-19(31)14-33/h5-10,12,17,19-20,33H,3-4,11,13-14H2,1-2H3,(H,28,29)(H,30,35). The van der Waals surface area contributed by atoms with Gasteiger partial charge >= 0.3 is 6.03 Å². The SMILES string of the molecule is COC1CC(CO)N(C(=O)c2cc3nccc(Nc4ccc5c(c4)cc(C)n5C(=O)NC4CC4)c3s2)C1. The van der Waals surface area contributed by atoms with Crippen molar-refractivity contribution in [2.45, 2.75) is 44.4 Å². The number of carbonyl (C=O) groups excluding carboxylic acids is 2. The molecule has 4 aromatic rings. The molecule has 3 N–H and O–H groups in total. The van der Waals surface area contributed by atoms with Crippen molar-refractivity contribution in [3.05, 3.63) is 53.2 Å². The molecule has 192 valence electrons. The van der Waals surface area contributed by atoms with E-state index in [-0.39, 0.29) is 30.7 Å². The lowest BCUT2D eigenvalue weighted by Crippen LogP contribution is -2.37. The van der Waals surface area contributed by atoms with E-state index in [0.717, 1.165) is 51.0 Å². The van der Waals surface area contributed by atoms with Crippen molar-refractivity contribution in [2.75, 3.05) is 25.6 Å². The highest BCUT2D eigenvalue weighted by molar-refractivity contribution is 7.21. The molecule has 1 aliphatic carbocycles. The summed E-state index contributed by atoms with van der Waals surface area (Å²) in [7, 11) is 1.63. The van der Waals surface area contributed by atoms with E-state index in [1.165, 1.54) is 11.3 Å². The van der Waals surface area contributed by atoms with Crippen LogP contribution in [0.25, 0.3) is 21.1 Å². The molecular weight excluding hydrogens is 490 g/mol. The molecule has 2 fully saturated rings. The highest BCUT2D eigenvalue weighted by Gasteiger charge is 2.36. The van der Waals surface area contributed by atoms with E-state index in [1.807, 2.05) is 43.3 Å². The van der Waals surface area contributed by atoms with Gasteiger partial charge in [0.15, 0.2) is 0 Å². The van der Waals surface area contributed by atoms with Gasteiger partial charge in [0.2, 0.25) is 0 Å². The van der Waals surface area contributed by atoms with Crippen LogP contribution in [0.15, 0.2) is 42.6 Å². The number of fused-ring (bicyclic) bond motifs is 2. The van der Waals surface area contributed by atoms with E-state index in [4.69, 9.17) is 4.74 Å². The number of thiophene rings is 1. The summed E-state index contributed by atoms with van der Waals surface area (Å²) in [5, 5.41) is 17.3. The lowest BCUT2D eigenvalue weighted by Gasteiger charge is -2.21. The van der Waals surface area contributed by atoms with Gasteiger partial charge in [-0.1, -0.05) is 0 Å². The summed E-state index contributed by atoms with van der Waals surface area (Å²) in [6.07, 6.45) is 4.37. The zero-order valence-electron chi connectivity index (χ0n) is 20.7. The molecule has 0 spiro atoms. The normalized spacial score (nSPS) is 19.6. The van der Waals surface area contributed by atoms with Gasteiger partial charge in [0.25, 0.3) is 5.91 Å². The maximum absolute atomic E-state index is 13.3. The number of hydrogen-bond acceptors (Lipinski definition) is 7. The van der Waals surface area contributed by atoms with Gasteiger partial charge in [0, 0.05) is 42.7 Å². The van der Waals surface area contributed by atoms with E-state index in [1.54, 1.807) is 22.8 Å². The maximum Gasteiger partial charge on any atom is 0.326 e. The maximum atomic E-state index is 13.3. The Morgan fingerprint density at radius 2 is 2.05 bits per heavy atom. The third kappa shape index (κ3) is 4.45. The van der Waals surface area contributed by atoms with Gasteiger partial charge < -0.3 is 25.4 Å². The first-order chi connectivity index (χ1) is 17.9. The molecule has 10 heteroatoms. The number of hydrogen-bond donors (Lipinski definition) is 3. The van der Waals surface area contributed by atoms with Crippen molar-refractivity contribution in [1.82, 2.24) is 19.8 Å². The minimum absolute atomic E-state index is 0.0703. The summed E-state index contributed by atoms with van der Waals surface area (Å²) in [6.45, 7) is 2.31. The highest BCUT2D eigenvalue weighted by Crippen LogP contribution is 2.35. The van der Waals surface area contributed by atoms with E-state index in [9.17, 15) is 14.7 Å². The molecule has 2 aliphatic rings. The number of nitrogens with one attached hydrogen (secondary N) is 2. The summed E-state index contributed by atoms with van der Waals surface area (Å²) >= 11 is 1.39. The van der Waals surface area contributed by atoms with Crippen LogP contribution in [0.3, 0.4) is 0 Å². The highest BCUT2D eigenvalue weighted by atomic mass is 32.1. The third-order valence-corrected chi connectivity index (χ3v) is 8.32. The summed E-state index contributed by atoms with van der Waals surface area (Å²) in [4.78, 5) is 32.8. The Labute approximate surface area is 218 Å². The summed E-state index contributed by atoms with van der Waals surface area (Å²) in [5.74, 6) is -0.116. The number of ether oxygens (including phenoxy) is 1. The number of aliphatic hydroxyl groups excluding tert-OH is 1. The Morgan fingerprint density at radius 3 is 2.81 bits per heavy atom. The zero-order chi connectivity index (χ0) is 25.7. The first-order valence-corrected chi connectivity index (χ1v) is 13.3. The molecule has 2 amide bonds. The molecule has 4 heterocycles. The smallest absolute Gasteiger partial charge is 0.326 e. The minimum atomic E-state index is -0.248. The molecule has 1 saturated carbocycles. The molecule has 0 radical (unpaired) electrons. The van der Waals surface area contributed by atoms with Crippen molar-refractivity contribution < 1.29 is 19.4 Å². The Morgan fingerprint density at radius 1 is 1.22 bits per heavy atom. The van der Waals surface area contributed by atoms with Crippen LogP contribution in [0.5, 0.6) is 0 Å². The Balaban J connectivity index is 1.27. The Bertz CT molecular complexity index is 1510. The fourth-order valence-corrected chi connectivity index (χ4v) is 6.11. The number of aliphatic hydroxyl groups is 1. The van der Waals surface area contributed by atoms with Crippen LogP contribution in [0, 0.1) is 6.92 Å². The number of carbonyl (C=O) groups is 2. The second-order valence-corrected chi connectivity index (χ2v) is 10.9. The van der Waals surface area contributed by atoms with Crippen LogP contribution in [0.2, 0.25) is 0 Å². The summed E-state index contributed by atoms with van der Waals surface area (Å²) < 4.78 is 8.04. The van der Waals surface area contributed by atoms with Gasteiger partial charge in [0.05, 0.1) is 45.1 Å². The molecule has 37 heavy (non-hydrogen) atoms. The van der Waals surface area contributed by atoms with Crippen LogP contribution in [0.1, 0.15) is 34.6 Å². The largest absolute Gasteiger partial charge is 0.394 e.